The number of nitrogens with two attached hydrogens (primary N) is 1. The van der Waals surface area contributed by atoms with E-state index in [0.717, 1.165) is 22.2 Å². The number of para-hydroxylation sites is 1. The Morgan fingerprint density at radius 1 is 1.20 bits per heavy atom. The largest absolute Gasteiger partial charge is 0.384 e. The molecule has 0 unspecified atom stereocenters. The van der Waals surface area contributed by atoms with Crippen molar-refractivity contribution in [1.29, 1.82) is 5.41 Å². The highest BCUT2D eigenvalue weighted by atomic mass is 15.3. The molecular weight excluding hydrogens is 252 g/mol. The molecule has 0 spiro atoms. The molecule has 0 aliphatic rings. The molecule has 0 fully saturated rings. The van der Waals surface area contributed by atoms with Crippen molar-refractivity contribution in [3.05, 3.63) is 47.3 Å². The van der Waals surface area contributed by atoms with Gasteiger partial charge in [0, 0.05) is 5.39 Å². The molecule has 2 aromatic heterocycles. The van der Waals surface area contributed by atoms with Crippen LogP contribution >= 0.6 is 0 Å². The van der Waals surface area contributed by atoms with Crippen LogP contribution in [0.3, 0.4) is 0 Å². The zero-order valence-corrected chi connectivity index (χ0v) is 11.3. The second-order valence-corrected chi connectivity index (χ2v) is 4.64. The maximum absolute atomic E-state index is 7.79. The average molecular weight is 266 g/mol. The van der Waals surface area contributed by atoms with E-state index in [-0.39, 0.29) is 5.84 Å². The normalized spacial score (nSPS) is 10.9. The highest BCUT2D eigenvalue weighted by Gasteiger charge is 2.17. The Bertz CT molecular complexity index is 818. The van der Waals surface area contributed by atoms with E-state index in [1.807, 2.05) is 38.1 Å². The van der Waals surface area contributed by atoms with Gasteiger partial charge in [0.2, 0.25) is 0 Å². The van der Waals surface area contributed by atoms with Gasteiger partial charge >= 0.3 is 0 Å². The SMILES string of the molecule is Cc1nnc(-n2ncc3ccccc32)c(C(=N)N)c1C. The van der Waals surface area contributed by atoms with Crippen molar-refractivity contribution in [1.82, 2.24) is 20.0 Å². The van der Waals surface area contributed by atoms with Crippen LogP contribution in [0.4, 0.5) is 0 Å². The molecule has 0 saturated heterocycles. The van der Waals surface area contributed by atoms with Gasteiger partial charge in [-0.25, -0.2) is 4.68 Å². The van der Waals surface area contributed by atoms with Crippen LogP contribution < -0.4 is 5.73 Å². The number of hydrogen-bond acceptors (Lipinski definition) is 4. The molecule has 100 valence electrons. The molecule has 3 aromatic rings. The number of aromatic nitrogens is 4. The lowest BCUT2D eigenvalue weighted by molar-refractivity contribution is 0.817. The first kappa shape index (κ1) is 12.3. The van der Waals surface area contributed by atoms with Gasteiger partial charge in [-0.3, -0.25) is 5.41 Å². The van der Waals surface area contributed by atoms with E-state index in [1.165, 1.54) is 0 Å². The first-order chi connectivity index (χ1) is 9.59. The molecule has 0 aliphatic heterocycles. The molecule has 6 nitrogen and oxygen atoms in total. The Hall–Kier alpha value is -2.76. The zero-order chi connectivity index (χ0) is 14.3. The van der Waals surface area contributed by atoms with Gasteiger partial charge in [0.1, 0.15) is 5.84 Å². The molecule has 20 heavy (non-hydrogen) atoms. The molecule has 0 saturated carbocycles. The Balaban J connectivity index is 2.35. The summed E-state index contributed by atoms with van der Waals surface area (Å²) in [4.78, 5) is 0. The number of aryl methyl sites for hydroxylation is 1. The van der Waals surface area contributed by atoms with E-state index in [4.69, 9.17) is 11.1 Å². The third kappa shape index (κ3) is 1.73. The van der Waals surface area contributed by atoms with E-state index < -0.39 is 0 Å². The lowest BCUT2D eigenvalue weighted by atomic mass is 10.1. The summed E-state index contributed by atoms with van der Waals surface area (Å²) in [5.74, 6) is 0.455. The summed E-state index contributed by atoms with van der Waals surface area (Å²) in [5.41, 5.74) is 8.80. The first-order valence-electron chi connectivity index (χ1n) is 6.21. The van der Waals surface area contributed by atoms with Crippen molar-refractivity contribution >= 4 is 16.7 Å². The van der Waals surface area contributed by atoms with Crippen molar-refractivity contribution in [2.75, 3.05) is 0 Å². The maximum atomic E-state index is 7.79. The minimum Gasteiger partial charge on any atom is -0.384 e. The first-order valence-corrected chi connectivity index (χ1v) is 6.21. The second kappa shape index (κ2) is 4.41. The third-order valence-electron chi connectivity index (χ3n) is 3.38. The third-order valence-corrected chi connectivity index (χ3v) is 3.38. The number of rotatable bonds is 2. The number of nitrogen functional groups attached to an aromatic ring is 1. The number of amidine groups is 1. The Morgan fingerprint density at radius 3 is 2.70 bits per heavy atom. The standard InChI is InChI=1S/C14H14N6/c1-8-9(2)18-19-14(12(8)13(15)16)20-11-6-4-3-5-10(11)7-17-20/h3-7H,1-2H3,(H3,15,16). The van der Waals surface area contributed by atoms with E-state index in [9.17, 15) is 0 Å². The minimum absolute atomic E-state index is 0.0323. The summed E-state index contributed by atoms with van der Waals surface area (Å²) >= 11 is 0. The molecule has 0 aliphatic carbocycles. The predicted octanol–water partition coefficient (Wildman–Crippen LogP) is 1.72. The highest BCUT2D eigenvalue weighted by Crippen LogP contribution is 2.21. The molecule has 0 atom stereocenters. The summed E-state index contributed by atoms with van der Waals surface area (Å²) in [6.07, 6.45) is 1.76. The lowest BCUT2D eigenvalue weighted by Gasteiger charge is -2.11. The fourth-order valence-corrected chi connectivity index (χ4v) is 2.21. The molecule has 0 bridgehead atoms. The van der Waals surface area contributed by atoms with Crippen LogP contribution in [0.15, 0.2) is 30.5 Å². The Morgan fingerprint density at radius 2 is 1.95 bits per heavy atom. The lowest BCUT2D eigenvalue weighted by Crippen LogP contribution is -2.20. The molecule has 0 amide bonds. The molecule has 2 heterocycles. The van der Waals surface area contributed by atoms with E-state index in [1.54, 1.807) is 10.9 Å². The predicted molar refractivity (Wildman–Crippen MR) is 77.2 cm³/mol. The van der Waals surface area contributed by atoms with Gasteiger partial charge in [0.05, 0.1) is 23.0 Å². The van der Waals surface area contributed by atoms with Crippen LogP contribution in [-0.2, 0) is 0 Å². The van der Waals surface area contributed by atoms with Crippen LogP contribution in [0.25, 0.3) is 16.7 Å². The Labute approximate surface area is 115 Å². The summed E-state index contributed by atoms with van der Waals surface area (Å²) < 4.78 is 1.67. The van der Waals surface area contributed by atoms with Gasteiger partial charge in [-0.15, -0.1) is 5.10 Å². The van der Waals surface area contributed by atoms with E-state index in [2.05, 4.69) is 15.3 Å². The van der Waals surface area contributed by atoms with Crippen LogP contribution in [0.2, 0.25) is 0 Å². The molecule has 3 N–H and O–H groups in total. The number of benzene rings is 1. The Kier molecular flexibility index (Phi) is 2.71. The number of nitrogens with zero attached hydrogens (tertiary/aromatic N) is 4. The maximum Gasteiger partial charge on any atom is 0.187 e. The fraction of sp³-hybridized carbons (Fsp3) is 0.143. The number of nitrogens with one attached hydrogen (secondary N) is 1. The smallest absolute Gasteiger partial charge is 0.187 e. The monoisotopic (exact) mass is 266 g/mol. The van der Waals surface area contributed by atoms with Gasteiger partial charge in [-0.1, -0.05) is 18.2 Å². The van der Waals surface area contributed by atoms with E-state index in [0.29, 0.717) is 11.4 Å². The molecule has 6 heteroatoms. The van der Waals surface area contributed by atoms with Crippen LogP contribution in [0.5, 0.6) is 0 Å². The van der Waals surface area contributed by atoms with Gasteiger partial charge < -0.3 is 5.73 Å². The zero-order valence-electron chi connectivity index (χ0n) is 11.3. The number of fused-ring (bicyclic) bond motifs is 1. The van der Waals surface area contributed by atoms with Gasteiger partial charge in [0.25, 0.3) is 0 Å². The van der Waals surface area contributed by atoms with Gasteiger partial charge in [-0.05, 0) is 25.5 Å². The van der Waals surface area contributed by atoms with E-state index >= 15 is 0 Å². The summed E-state index contributed by atoms with van der Waals surface area (Å²) in [6.45, 7) is 3.73. The summed E-state index contributed by atoms with van der Waals surface area (Å²) in [5, 5.41) is 21.4. The van der Waals surface area contributed by atoms with Crippen LogP contribution in [-0.4, -0.2) is 25.8 Å². The van der Waals surface area contributed by atoms with Crippen molar-refractivity contribution in [3.8, 4) is 5.82 Å². The molecule has 3 rings (SSSR count). The van der Waals surface area contributed by atoms with Crippen LogP contribution in [0, 0.1) is 19.3 Å². The average Bonchev–Trinajstić information content (AvgIpc) is 2.85. The molecule has 0 radical (unpaired) electrons. The van der Waals surface area contributed by atoms with Crippen molar-refractivity contribution in [2.45, 2.75) is 13.8 Å². The fourth-order valence-electron chi connectivity index (χ4n) is 2.21. The molecular formula is C14H14N6. The minimum atomic E-state index is -0.0323. The van der Waals surface area contributed by atoms with Crippen molar-refractivity contribution in [2.24, 2.45) is 5.73 Å². The second-order valence-electron chi connectivity index (χ2n) is 4.64. The van der Waals surface area contributed by atoms with Crippen molar-refractivity contribution in [3.63, 3.8) is 0 Å². The highest BCUT2D eigenvalue weighted by molar-refractivity contribution is 5.99. The molecule has 1 aromatic carbocycles. The summed E-state index contributed by atoms with van der Waals surface area (Å²) in [6, 6.07) is 7.80. The van der Waals surface area contributed by atoms with Gasteiger partial charge in [0.15, 0.2) is 5.82 Å². The summed E-state index contributed by atoms with van der Waals surface area (Å²) in [7, 11) is 0. The quantitative estimate of drug-likeness (QED) is 0.545. The van der Waals surface area contributed by atoms with Gasteiger partial charge in [-0.2, -0.15) is 10.2 Å². The van der Waals surface area contributed by atoms with Crippen molar-refractivity contribution < 1.29 is 0 Å². The number of hydrogen-bond donors (Lipinski definition) is 2. The topological polar surface area (TPSA) is 93.5 Å². The van der Waals surface area contributed by atoms with Crippen LogP contribution in [0.1, 0.15) is 16.8 Å².